The van der Waals surface area contributed by atoms with E-state index in [1.807, 2.05) is 18.2 Å². The van der Waals surface area contributed by atoms with Crippen LogP contribution in [0.1, 0.15) is 24.0 Å². The molecule has 1 aromatic carbocycles. The Hall–Kier alpha value is -1.26. The fraction of sp³-hybridized carbons (Fsp3) is 0.333. The molecule has 1 fully saturated rings. The normalized spacial score (nSPS) is 17.8. The highest BCUT2D eigenvalue weighted by Crippen LogP contribution is 2.36. The first kappa shape index (κ1) is 8.34. The third-order valence-corrected chi connectivity index (χ3v) is 2.61. The fourth-order valence-electron chi connectivity index (χ4n) is 1.53. The smallest absolute Gasteiger partial charge is 0.0275 e. The van der Waals surface area contributed by atoms with Gasteiger partial charge in [0.15, 0.2) is 0 Å². The van der Waals surface area contributed by atoms with Gasteiger partial charge in [0.25, 0.3) is 0 Å². The molecule has 0 amide bonds. The van der Waals surface area contributed by atoms with Crippen molar-refractivity contribution in [2.75, 3.05) is 0 Å². The summed E-state index contributed by atoms with van der Waals surface area (Å²) in [4.78, 5) is 0. The number of terminal acetylenes is 1. The second-order valence-electron chi connectivity index (χ2n) is 3.84. The average molecular weight is 171 g/mol. The quantitative estimate of drug-likeness (QED) is 0.673. The monoisotopic (exact) mass is 171 g/mol. The molecule has 1 aromatic rings. The van der Waals surface area contributed by atoms with Gasteiger partial charge >= 0.3 is 0 Å². The summed E-state index contributed by atoms with van der Waals surface area (Å²) >= 11 is 0. The van der Waals surface area contributed by atoms with E-state index in [1.54, 1.807) is 0 Å². The van der Waals surface area contributed by atoms with E-state index in [4.69, 9.17) is 12.2 Å². The minimum absolute atomic E-state index is 0.0486. The van der Waals surface area contributed by atoms with Crippen LogP contribution in [0.5, 0.6) is 0 Å². The lowest BCUT2D eigenvalue weighted by atomic mass is 10.00. The van der Waals surface area contributed by atoms with E-state index >= 15 is 0 Å². The summed E-state index contributed by atoms with van der Waals surface area (Å²) < 4.78 is 0. The molecule has 0 saturated heterocycles. The van der Waals surface area contributed by atoms with E-state index in [9.17, 15) is 0 Å². The summed E-state index contributed by atoms with van der Waals surface area (Å²) in [6.07, 6.45) is 8.58. The Morgan fingerprint density at radius 1 is 1.38 bits per heavy atom. The summed E-state index contributed by atoms with van der Waals surface area (Å²) in [5.74, 6) is 2.69. The van der Waals surface area contributed by atoms with Crippen molar-refractivity contribution in [1.29, 1.82) is 0 Å². The van der Waals surface area contributed by atoms with Crippen LogP contribution in [0.15, 0.2) is 24.3 Å². The first-order valence-electron chi connectivity index (χ1n) is 4.57. The molecular formula is C12H13N. The van der Waals surface area contributed by atoms with Gasteiger partial charge in [-0.2, -0.15) is 0 Å². The highest BCUT2D eigenvalue weighted by molar-refractivity contribution is 5.41. The van der Waals surface area contributed by atoms with E-state index in [-0.39, 0.29) is 5.54 Å². The van der Waals surface area contributed by atoms with Crippen LogP contribution in [0.25, 0.3) is 0 Å². The Labute approximate surface area is 79.0 Å². The van der Waals surface area contributed by atoms with Crippen molar-refractivity contribution < 1.29 is 0 Å². The zero-order valence-corrected chi connectivity index (χ0v) is 7.59. The van der Waals surface area contributed by atoms with Gasteiger partial charge in [0.05, 0.1) is 0 Å². The average Bonchev–Trinajstić information content (AvgIpc) is 2.84. The van der Waals surface area contributed by atoms with Gasteiger partial charge in [-0.05, 0) is 30.9 Å². The maximum Gasteiger partial charge on any atom is 0.0275 e. The molecule has 1 aliphatic carbocycles. The van der Waals surface area contributed by atoms with Crippen LogP contribution in [-0.2, 0) is 6.42 Å². The zero-order valence-electron chi connectivity index (χ0n) is 7.59. The number of hydrogen-bond acceptors (Lipinski definition) is 1. The molecule has 1 heteroatoms. The van der Waals surface area contributed by atoms with E-state index in [0.717, 1.165) is 24.8 Å². The molecular weight excluding hydrogens is 158 g/mol. The highest BCUT2D eigenvalue weighted by Gasteiger charge is 2.38. The lowest BCUT2D eigenvalue weighted by Crippen LogP contribution is -2.24. The van der Waals surface area contributed by atoms with Gasteiger partial charge < -0.3 is 5.73 Å². The molecule has 13 heavy (non-hydrogen) atoms. The first-order chi connectivity index (χ1) is 6.23. The second kappa shape index (κ2) is 2.90. The van der Waals surface area contributed by atoms with Crippen molar-refractivity contribution in [2.45, 2.75) is 24.8 Å². The highest BCUT2D eigenvalue weighted by atomic mass is 14.8. The molecule has 0 atom stereocenters. The largest absolute Gasteiger partial charge is 0.325 e. The van der Waals surface area contributed by atoms with Crippen LogP contribution in [0, 0.1) is 12.3 Å². The molecule has 2 N–H and O–H groups in total. The third-order valence-electron chi connectivity index (χ3n) is 2.61. The molecule has 1 nitrogen and oxygen atoms in total. The summed E-state index contributed by atoms with van der Waals surface area (Å²) in [6.45, 7) is 0. The van der Waals surface area contributed by atoms with Crippen molar-refractivity contribution in [3.05, 3.63) is 35.4 Å². The van der Waals surface area contributed by atoms with Gasteiger partial charge in [-0.25, -0.2) is 0 Å². The van der Waals surface area contributed by atoms with Crippen molar-refractivity contribution in [1.82, 2.24) is 0 Å². The summed E-state index contributed by atoms with van der Waals surface area (Å²) in [5.41, 5.74) is 8.28. The molecule has 1 saturated carbocycles. The number of benzene rings is 1. The molecule has 0 spiro atoms. The maximum atomic E-state index is 6.03. The van der Waals surface area contributed by atoms with Crippen molar-refractivity contribution in [3.63, 3.8) is 0 Å². The van der Waals surface area contributed by atoms with Crippen LogP contribution in [0.4, 0.5) is 0 Å². The van der Waals surface area contributed by atoms with Gasteiger partial charge in [-0.15, -0.1) is 6.42 Å². The molecule has 0 bridgehead atoms. The van der Waals surface area contributed by atoms with E-state index < -0.39 is 0 Å². The van der Waals surface area contributed by atoms with Crippen molar-refractivity contribution in [2.24, 2.45) is 5.73 Å². The van der Waals surface area contributed by atoms with E-state index in [1.165, 1.54) is 5.56 Å². The predicted molar refractivity (Wildman–Crippen MR) is 54.2 cm³/mol. The third kappa shape index (κ3) is 1.74. The molecule has 1 aliphatic rings. The van der Waals surface area contributed by atoms with Gasteiger partial charge in [0, 0.05) is 11.1 Å². The Balaban J connectivity index is 2.25. The second-order valence-corrected chi connectivity index (χ2v) is 3.84. The Morgan fingerprint density at radius 2 is 2.08 bits per heavy atom. The van der Waals surface area contributed by atoms with Crippen LogP contribution in [0.3, 0.4) is 0 Å². The van der Waals surface area contributed by atoms with Crippen LogP contribution < -0.4 is 5.73 Å². The molecule has 0 aromatic heterocycles. The van der Waals surface area contributed by atoms with Gasteiger partial charge in [-0.3, -0.25) is 0 Å². The lowest BCUT2D eigenvalue weighted by Gasteiger charge is -2.09. The molecule has 2 rings (SSSR count). The van der Waals surface area contributed by atoms with Crippen LogP contribution in [0.2, 0.25) is 0 Å². The number of rotatable bonds is 2. The Morgan fingerprint density at radius 3 is 2.69 bits per heavy atom. The molecule has 0 unspecified atom stereocenters. The van der Waals surface area contributed by atoms with Crippen molar-refractivity contribution in [3.8, 4) is 12.3 Å². The van der Waals surface area contributed by atoms with Gasteiger partial charge in [0.2, 0.25) is 0 Å². The number of hydrogen-bond donors (Lipinski definition) is 1. The fourth-order valence-corrected chi connectivity index (χ4v) is 1.53. The Bertz CT molecular complexity index is 356. The molecule has 66 valence electrons. The summed E-state index contributed by atoms with van der Waals surface area (Å²) in [7, 11) is 0. The summed E-state index contributed by atoms with van der Waals surface area (Å²) in [5, 5.41) is 0. The molecule has 0 heterocycles. The number of nitrogens with two attached hydrogens (primary N) is 1. The maximum absolute atomic E-state index is 6.03. The van der Waals surface area contributed by atoms with E-state index in [2.05, 4.69) is 12.0 Å². The minimum atomic E-state index is 0.0486. The van der Waals surface area contributed by atoms with Gasteiger partial charge in [0.1, 0.15) is 0 Å². The molecule has 0 radical (unpaired) electrons. The SMILES string of the molecule is C#Cc1ccccc1CC1(N)CC1. The van der Waals surface area contributed by atoms with Crippen LogP contribution >= 0.6 is 0 Å². The minimum Gasteiger partial charge on any atom is -0.325 e. The first-order valence-corrected chi connectivity index (χ1v) is 4.57. The van der Waals surface area contributed by atoms with Gasteiger partial charge in [-0.1, -0.05) is 24.1 Å². The van der Waals surface area contributed by atoms with E-state index in [0.29, 0.717) is 0 Å². The topological polar surface area (TPSA) is 26.0 Å². The molecule has 0 aliphatic heterocycles. The van der Waals surface area contributed by atoms with Crippen molar-refractivity contribution >= 4 is 0 Å². The summed E-state index contributed by atoms with van der Waals surface area (Å²) in [6, 6.07) is 8.03. The Kier molecular flexibility index (Phi) is 1.86. The van der Waals surface area contributed by atoms with Crippen LogP contribution in [-0.4, -0.2) is 5.54 Å². The lowest BCUT2D eigenvalue weighted by molar-refractivity contribution is 0.671. The predicted octanol–water partition coefficient (Wildman–Crippen LogP) is 1.70. The zero-order chi connectivity index (χ0) is 9.31. The standard InChI is InChI=1S/C12H13N/c1-2-10-5-3-4-6-11(10)9-12(13)7-8-12/h1,3-6H,7-9,13H2.